The summed E-state index contributed by atoms with van der Waals surface area (Å²) in [5.41, 5.74) is 1.00. The summed E-state index contributed by atoms with van der Waals surface area (Å²) in [6, 6.07) is 9.04. The monoisotopic (exact) mass is 308 g/mol. The second-order valence-corrected chi connectivity index (χ2v) is 4.68. The third-order valence-electron chi connectivity index (χ3n) is 2.92. The molecule has 0 spiro atoms. The van der Waals surface area contributed by atoms with Gasteiger partial charge < -0.3 is 15.2 Å². The summed E-state index contributed by atoms with van der Waals surface area (Å²) < 4.78 is 5.00. The molecule has 7 heteroatoms. The van der Waals surface area contributed by atoms with Gasteiger partial charge in [-0.15, -0.1) is 0 Å². The Morgan fingerprint density at radius 2 is 2.10 bits per heavy atom. The normalized spacial score (nSPS) is 10.2. The summed E-state index contributed by atoms with van der Waals surface area (Å²) in [7, 11) is 1.51. The molecule has 2 aromatic rings. The molecule has 2 aromatic carbocycles. The van der Waals surface area contributed by atoms with Crippen molar-refractivity contribution in [2.24, 2.45) is 0 Å². The van der Waals surface area contributed by atoms with Crippen LogP contribution in [0.5, 0.6) is 11.5 Å². The first-order valence-corrected chi connectivity index (χ1v) is 6.42. The molecule has 0 aliphatic carbocycles. The average molecular weight is 309 g/mol. The number of anilines is 1. The number of phenolic OH excluding ortho intramolecular Hbond substituents is 1. The number of phenols is 1. The van der Waals surface area contributed by atoms with Crippen molar-refractivity contribution in [3.63, 3.8) is 0 Å². The van der Waals surface area contributed by atoms with E-state index in [4.69, 9.17) is 16.3 Å². The van der Waals surface area contributed by atoms with Crippen LogP contribution in [-0.4, -0.2) is 17.1 Å². The zero-order valence-corrected chi connectivity index (χ0v) is 11.9. The van der Waals surface area contributed by atoms with Gasteiger partial charge in [0.25, 0.3) is 5.69 Å². The fraction of sp³-hybridized carbons (Fsp3) is 0.143. The molecular weight excluding hydrogens is 296 g/mol. The number of non-ortho nitro benzene ring substituents is 1. The molecule has 0 saturated heterocycles. The minimum Gasteiger partial charge on any atom is -0.507 e. The van der Waals surface area contributed by atoms with Gasteiger partial charge in [0.1, 0.15) is 11.5 Å². The SMILES string of the molecule is COc1ccc(CNc2cc([N+](=O)[O-])ccc2Cl)c(O)c1. The summed E-state index contributed by atoms with van der Waals surface area (Å²) in [5.74, 6) is 0.619. The Morgan fingerprint density at radius 1 is 1.33 bits per heavy atom. The van der Waals surface area contributed by atoms with Crippen LogP contribution in [0.1, 0.15) is 5.56 Å². The van der Waals surface area contributed by atoms with Crippen molar-refractivity contribution in [1.82, 2.24) is 0 Å². The fourth-order valence-electron chi connectivity index (χ4n) is 1.77. The lowest BCUT2D eigenvalue weighted by molar-refractivity contribution is -0.384. The van der Waals surface area contributed by atoms with E-state index >= 15 is 0 Å². The number of methoxy groups -OCH3 is 1. The van der Waals surface area contributed by atoms with Gasteiger partial charge in [-0.1, -0.05) is 11.6 Å². The first-order valence-electron chi connectivity index (χ1n) is 6.05. The van der Waals surface area contributed by atoms with Gasteiger partial charge in [-0.2, -0.15) is 0 Å². The van der Waals surface area contributed by atoms with Crippen LogP contribution in [0.2, 0.25) is 5.02 Å². The van der Waals surface area contributed by atoms with E-state index in [1.807, 2.05) is 0 Å². The first-order chi connectivity index (χ1) is 10.0. The second-order valence-electron chi connectivity index (χ2n) is 4.27. The number of halogens is 1. The molecule has 0 unspecified atom stereocenters. The van der Waals surface area contributed by atoms with Crippen molar-refractivity contribution in [2.45, 2.75) is 6.54 Å². The van der Waals surface area contributed by atoms with Gasteiger partial charge in [-0.05, 0) is 18.2 Å². The van der Waals surface area contributed by atoms with Gasteiger partial charge in [0.05, 0.1) is 22.7 Å². The Hall–Kier alpha value is -2.47. The van der Waals surface area contributed by atoms with E-state index in [0.717, 1.165) is 0 Å². The Morgan fingerprint density at radius 3 is 2.71 bits per heavy atom. The number of aromatic hydroxyl groups is 1. The third-order valence-corrected chi connectivity index (χ3v) is 3.25. The summed E-state index contributed by atoms with van der Waals surface area (Å²) in [6.45, 7) is 0.275. The average Bonchev–Trinajstić information content (AvgIpc) is 2.47. The fourth-order valence-corrected chi connectivity index (χ4v) is 1.96. The standard InChI is InChI=1S/C14H13ClN2O4/c1-21-11-4-2-9(14(18)7-11)8-16-13-6-10(17(19)20)3-5-12(13)15/h2-7,16,18H,8H2,1H3. The summed E-state index contributed by atoms with van der Waals surface area (Å²) in [4.78, 5) is 10.3. The van der Waals surface area contributed by atoms with Crippen molar-refractivity contribution in [2.75, 3.05) is 12.4 Å². The number of nitro benzene ring substituents is 1. The number of nitrogens with zero attached hydrogens (tertiary/aromatic N) is 1. The molecular formula is C14H13ClN2O4. The molecule has 0 fully saturated rings. The zero-order valence-electron chi connectivity index (χ0n) is 11.2. The van der Waals surface area contributed by atoms with Gasteiger partial charge in [-0.3, -0.25) is 10.1 Å². The minimum absolute atomic E-state index is 0.0548. The Kier molecular flexibility index (Phi) is 4.49. The number of ether oxygens (including phenoxy) is 1. The second kappa shape index (κ2) is 6.32. The molecule has 0 amide bonds. The van der Waals surface area contributed by atoms with Crippen LogP contribution < -0.4 is 10.1 Å². The number of hydrogen-bond acceptors (Lipinski definition) is 5. The lowest BCUT2D eigenvalue weighted by Gasteiger charge is -2.10. The lowest BCUT2D eigenvalue weighted by atomic mass is 10.2. The maximum atomic E-state index is 10.7. The molecule has 0 aliphatic rings. The topological polar surface area (TPSA) is 84.6 Å². The molecule has 110 valence electrons. The quantitative estimate of drug-likeness (QED) is 0.651. The third kappa shape index (κ3) is 3.55. The molecule has 0 radical (unpaired) electrons. The van der Waals surface area contributed by atoms with E-state index in [2.05, 4.69) is 5.32 Å². The molecule has 2 N–H and O–H groups in total. The Bertz CT molecular complexity index is 676. The number of hydrogen-bond donors (Lipinski definition) is 2. The highest BCUT2D eigenvalue weighted by Crippen LogP contribution is 2.29. The van der Waals surface area contributed by atoms with Crippen LogP contribution in [0.15, 0.2) is 36.4 Å². The van der Waals surface area contributed by atoms with Crippen LogP contribution >= 0.6 is 11.6 Å². The van der Waals surface area contributed by atoms with Crippen molar-refractivity contribution < 1.29 is 14.8 Å². The van der Waals surface area contributed by atoms with E-state index in [-0.39, 0.29) is 18.0 Å². The lowest BCUT2D eigenvalue weighted by Crippen LogP contribution is -2.01. The molecule has 2 rings (SSSR count). The minimum atomic E-state index is -0.494. The van der Waals surface area contributed by atoms with Crippen LogP contribution in [-0.2, 0) is 6.54 Å². The summed E-state index contributed by atoms with van der Waals surface area (Å²) in [6.07, 6.45) is 0. The van der Waals surface area contributed by atoms with Crippen LogP contribution in [0.3, 0.4) is 0 Å². The predicted octanol–water partition coefficient (Wildman–Crippen LogP) is 3.57. The predicted molar refractivity (Wildman–Crippen MR) is 80.1 cm³/mol. The molecule has 0 aliphatic heterocycles. The van der Waals surface area contributed by atoms with Crippen molar-refractivity contribution in [1.29, 1.82) is 0 Å². The van der Waals surface area contributed by atoms with Crippen LogP contribution in [0.25, 0.3) is 0 Å². The maximum Gasteiger partial charge on any atom is 0.271 e. The maximum absolute atomic E-state index is 10.7. The van der Waals surface area contributed by atoms with Crippen molar-refractivity contribution >= 4 is 23.0 Å². The first kappa shape index (κ1) is 14.9. The Balaban J connectivity index is 2.16. The van der Waals surface area contributed by atoms with Crippen molar-refractivity contribution in [3.8, 4) is 11.5 Å². The van der Waals surface area contributed by atoms with Gasteiger partial charge >= 0.3 is 0 Å². The van der Waals surface area contributed by atoms with E-state index in [1.165, 1.54) is 31.4 Å². The van der Waals surface area contributed by atoms with E-state index in [0.29, 0.717) is 22.0 Å². The van der Waals surface area contributed by atoms with Crippen molar-refractivity contribution in [3.05, 3.63) is 57.1 Å². The van der Waals surface area contributed by atoms with Gasteiger partial charge in [0.2, 0.25) is 0 Å². The van der Waals surface area contributed by atoms with E-state index < -0.39 is 4.92 Å². The molecule has 0 atom stereocenters. The van der Waals surface area contributed by atoms with Gasteiger partial charge in [-0.25, -0.2) is 0 Å². The molecule has 0 aromatic heterocycles. The van der Waals surface area contributed by atoms with Gasteiger partial charge in [0, 0.05) is 30.3 Å². The van der Waals surface area contributed by atoms with E-state index in [1.54, 1.807) is 12.1 Å². The van der Waals surface area contributed by atoms with E-state index in [9.17, 15) is 15.2 Å². The number of rotatable bonds is 5. The number of benzene rings is 2. The molecule has 0 saturated carbocycles. The molecule has 6 nitrogen and oxygen atoms in total. The number of nitro groups is 1. The summed E-state index contributed by atoms with van der Waals surface area (Å²) >= 11 is 5.99. The molecule has 0 heterocycles. The highest BCUT2D eigenvalue weighted by Gasteiger charge is 2.10. The zero-order chi connectivity index (χ0) is 15.4. The van der Waals surface area contributed by atoms with Gasteiger partial charge in [0.15, 0.2) is 0 Å². The highest BCUT2D eigenvalue weighted by molar-refractivity contribution is 6.33. The largest absolute Gasteiger partial charge is 0.507 e. The number of nitrogens with one attached hydrogen (secondary N) is 1. The smallest absolute Gasteiger partial charge is 0.271 e. The van der Waals surface area contributed by atoms with Crippen LogP contribution in [0.4, 0.5) is 11.4 Å². The Labute approximate surface area is 126 Å². The summed E-state index contributed by atoms with van der Waals surface area (Å²) in [5, 5.41) is 23.9. The van der Waals surface area contributed by atoms with Crippen LogP contribution in [0, 0.1) is 10.1 Å². The molecule has 0 bridgehead atoms. The molecule has 21 heavy (non-hydrogen) atoms. The highest BCUT2D eigenvalue weighted by atomic mass is 35.5.